The van der Waals surface area contributed by atoms with Crippen molar-refractivity contribution in [2.75, 3.05) is 18.6 Å². The van der Waals surface area contributed by atoms with Gasteiger partial charge in [0.15, 0.2) is 0 Å². The summed E-state index contributed by atoms with van der Waals surface area (Å²) in [7, 11) is 1.91. The van der Waals surface area contributed by atoms with Crippen LogP contribution in [0.5, 0.6) is 0 Å². The molecule has 1 aliphatic carbocycles. The van der Waals surface area contributed by atoms with Gasteiger partial charge in [-0.05, 0) is 67.4 Å². The molecule has 0 N–H and O–H groups in total. The maximum atomic E-state index is 7.16. The van der Waals surface area contributed by atoms with Crippen molar-refractivity contribution in [2.45, 2.75) is 70.3 Å². The summed E-state index contributed by atoms with van der Waals surface area (Å²) in [6, 6.07) is 8.75. The zero-order valence-corrected chi connectivity index (χ0v) is 24.8. The quantitative estimate of drug-likeness (QED) is 0.212. The SMILES string of the molecule is C=CC1=C(/C=C\C)P(C)C(/C=C/C2CCC/C(=C\C=C3/N(C)c4ccccc4C3(C)C)[C@H]2Cl)C1(C)C. The molecular formula is C33H43ClNP. The van der Waals surface area contributed by atoms with E-state index in [1.807, 2.05) is 0 Å². The summed E-state index contributed by atoms with van der Waals surface area (Å²) < 4.78 is 0. The van der Waals surface area contributed by atoms with Crippen molar-refractivity contribution in [1.29, 1.82) is 0 Å². The minimum atomic E-state index is -0.273. The molecule has 0 amide bonds. The van der Waals surface area contributed by atoms with Crippen LogP contribution in [-0.2, 0) is 5.41 Å². The molecule has 4 rings (SSSR count). The molecule has 0 radical (unpaired) electrons. The largest absolute Gasteiger partial charge is 0.347 e. The monoisotopic (exact) mass is 519 g/mol. The zero-order valence-electron chi connectivity index (χ0n) is 23.2. The lowest BCUT2D eigenvalue weighted by Crippen LogP contribution is -2.25. The van der Waals surface area contributed by atoms with E-state index in [2.05, 4.69) is 127 Å². The number of allylic oxidation sites excluding steroid dienone is 11. The van der Waals surface area contributed by atoms with E-state index in [9.17, 15) is 0 Å². The van der Waals surface area contributed by atoms with Crippen LogP contribution in [0.2, 0.25) is 0 Å². The lowest BCUT2D eigenvalue weighted by molar-refractivity contribution is 0.472. The molecule has 0 spiro atoms. The molecule has 0 bridgehead atoms. The molecule has 0 saturated heterocycles. The Morgan fingerprint density at radius 1 is 1.11 bits per heavy atom. The first-order valence-electron chi connectivity index (χ1n) is 13.3. The van der Waals surface area contributed by atoms with E-state index in [-0.39, 0.29) is 24.1 Å². The molecule has 1 aromatic rings. The van der Waals surface area contributed by atoms with Crippen LogP contribution < -0.4 is 4.90 Å². The molecule has 192 valence electrons. The van der Waals surface area contributed by atoms with Crippen molar-refractivity contribution < 1.29 is 0 Å². The molecule has 1 nitrogen and oxygen atoms in total. The third-order valence-electron chi connectivity index (χ3n) is 8.70. The number of alkyl halides is 1. The highest BCUT2D eigenvalue weighted by atomic mass is 35.5. The number of hydrogen-bond donors (Lipinski definition) is 0. The highest BCUT2D eigenvalue weighted by Crippen LogP contribution is 2.64. The second-order valence-electron chi connectivity index (χ2n) is 11.6. The van der Waals surface area contributed by atoms with Crippen molar-refractivity contribution in [3.8, 4) is 0 Å². The van der Waals surface area contributed by atoms with Gasteiger partial charge in [-0.3, -0.25) is 0 Å². The molecule has 3 unspecified atom stereocenters. The third kappa shape index (κ3) is 4.63. The Hall–Kier alpha value is -1.82. The maximum Gasteiger partial charge on any atom is 0.0610 e. The van der Waals surface area contributed by atoms with E-state index in [0.717, 1.165) is 12.8 Å². The van der Waals surface area contributed by atoms with Crippen molar-refractivity contribution in [2.24, 2.45) is 11.3 Å². The molecule has 4 atom stereocenters. The fourth-order valence-electron chi connectivity index (χ4n) is 6.62. The smallest absolute Gasteiger partial charge is 0.0610 e. The van der Waals surface area contributed by atoms with Crippen LogP contribution in [0.25, 0.3) is 0 Å². The average molecular weight is 520 g/mol. The van der Waals surface area contributed by atoms with Gasteiger partial charge in [0, 0.05) is 34.9 Å². The van der Waals surface area contributed by atoms with Crippen LogP contribution in [0.3, 0.4) is 0 Å². The fourth-order valence-corrected chi connectivity index (χ4v) is 9.92. The molecular weight excluding hydrogens is 477 g/mol. The second kappa shape index (κ2) is 10.5. The van der Waals surface area contributed by atoms with Crippen LogP contribution in [0.1, 0.15) is 59.4 Å². The van der Waals surface area contributed by atoms with Crippen LogP contribution in [0.4, 0.5) is 5.69 Å². The predicted molar refractivity (Wildman–Crippen MR) is 163 cm³/mol. The summed E-state index contributed by atoms with van der Waals surface area (Å²) in [5, 5.41) is 1.54. The van der Waals surface area contributed by atoms with Crippen molar-refractivity contribution in [3.63, 3.8) is 0 Å². The molecule has 1 aromatic carbocycles. The van der Waals surface area contributed by atoms with E-state index >= 15 is 0 Å². The van der Waals surface area contributed by atoms with Gasteiger partial charge in [-0.2, -0.15) is 0 Å². The lowest BCUT2D eigenvalue weighted by atomic mass is 9.79. The normalized spacial score (nSPS) is 31.8. The zero-order chi connectivity index (χ0) is 26.3. The van der Waals surface area contributed by atoms with E-state index < -0.39 is 0 Å². The van der Waals surface area contributed by atoms with Crippen LogP contribution in [-0.4, -0.2) is 24.7 Å². The van der Waals surface area contributed by atoms with E-state index in [0.29, 0.717) is 11.6 Å². The van der Waals surface area contributed by atoms with Crippen LogP contribution in [0.15, 0.2) is 95.5 Å². The first kappa shape index (κ1) is 27.2. The number of likely N-dealkylation sites (N-methyl/N-ethyl adjacent to an activating group) is 1. The van der Waals surface area contributed by atoms with Gasteiger partial charge in [0.2, 0.25) is 0 Å². The standard InChI is InChI=1S/C33H43ClNP/c1-9-14-28-25(10-2)33(5,6)30(36(28)8)22-20-24-16-13-15-23(31(24)34)19-21-29-32(3,4)26-17-11-12-18-27(26)35(29)7/h9-12,14,17-22,24,30-31H,2,13,15-16H2,1,3-8H3/b14-9-,22-20+,23-19+,29-21-/t24?,30?,31-,36?/m1/s1. The first-order chi connectivity index (χ1) is 17.1. The van der Waals surface area contributed by atoms with Gasteiger partial charge < -0.3 is 4.90 Å². The number of hydrogen-bond acceptors (Lipinski definition) is 1. The van der Waals surface area contributed by atoms with Crippen LogP contribution in [0, 0.1) is 11.3 Å². The molecule has 1 fully saturated rings. The predicted octanol–water partition coefficient (Wildman–Crippen LogP) is 9.72. The van der Waals surface area contributed by atoms with Crippen LogP contribution >= 0.6 is 19.5 Å². The Morgan fingerprint density at radius 2 is 1.83 bits per heavy atom. The number of halogens is 1. The maximum absolute atomic E-state index is 7.16. The number of rotatable bonds is 5. The highest BCUT2D eigenvalue weighted by Gasteiger charge is 2.43. The minimum absolute atomic E-state index is 0.00889. The number of fused-ring (bicyclic) bond motifs is 1. The van der Waals surface area contributed by atoms with Crippen molar-refractivity contribution in [1.82, 2.24) is 0 Å². The topological polar surface area (TPSA) is 3.24 Å². The number of para-hydroxylation sites is 1. The first-order valence-corrected chi connectivity index (χ1v) is 15.6. The molecule has 36 heavy (non-hydrogen) atoms. The number of nitrogens with zero attached hydrogens (tertiary/aromatic N) is 1. The highest BCUT2D eigenvalue weighted by molar-refractivity contribution is 7.63. The van der Waals surface area contributed by atoms with Gasteiger partial charge in [-0.15, -0.1) is 11.6 Å². The summed E-state index contributed by atoms with van der Waals surface area (Å²) in [4.78, 5) is 2.34. The van der Waals surface area contributed by atoms with Gasteiger partial charge >= 0.3 is 0 Å². The molecule has 2 aliphatic heterocycles. The summed E-state index contributed by atoms with van der Waals surface area (Å²) in [5.41, 5.74) is 7.41. The lowest BCUT2D eigenvalue weighted by Gasteiger charge is -2.32. The Kier molecular flexibility index (Phi) is 7.95. The van der Waals surface area contributed by atoms with Gasteiger partial charge in [0.25, 0.3) is 0 Å². The van der Waals surface area contributed by atoms with Crippen molar-refractivity contribution >= 4 is 25.2 Å². The summed E-state index contributed by atoms with van der Waals surface area (Å²) in [6.07, 6.45) is 19.6. The Morgan fingerprint density at radius 3 is 2.50 bits per heavy atom. The molecule has 3 heteroatoms. The Balaban J connectivity index is 1.55. The molecule has 3 aliphatic rings. The minimum Gasteiger partial charge on any atom is -0.347 e. The van der Waals surface area contributed by atoms with E-state index in [4.69, 9.17) is 11.6 Å². The fraction of sp³-hybridized carbons (Fsp3) is 0.455. The summed E-state index contributed by atoms with van der Waals surface area (Å²) in [6.45, 7) is 18.1. The molecule has 0 aromatic heterocycles. The van der Waals surface area contributed by atoms with Gasteiger partial charge in [-0.1, -0.05) is 102 Å². The molecule has 2 heterocycles. The van der Waals surface area contributed by atoms with Gasteiger partial charge in [0.05, 0.1) is 5.38 Å². The third-order valence-corrected chi connectivity index (χ3v) is 12.1. The Labute approximate surface area is 226 Å². The molecule has 1 saturated carbocycles. The number of benzene rings is 1. The average Bonchev–Trinajstić information content (AvgIpc) is 3.15. The van der Waals surface area contributed by atoms with Crippen molar-refractivity contribution in [3.05, 3.63) is 101 Å². The number of anilines is 1. The van der Waals surface area contributed by atoms with E-state index in [1.165, 1.54) is 39.8 Å². The summed E-state index contributed by atoms with van der Waals surface area (Å²) >= 11 is 7.16. The van der Waals surface area contributed by atoms with Gasteiger partial charge in [0.1, 0.15) is 0 Å². The van der Waals surface area contributed by atoms with Gasteiger partial charge in [-0.25, -0.2) is 0 Å². The second-order valence-corrected chi connectivity index (χ2v) is 14.3. The van der Waals surface area contributed by atoms with E-state index in [1.54, 1.807) is 0 Å². The summed E-state index contributed by atoms with van der Waals surface area (Å²) in [5.74, 6) is 0.383. The Bertz CT molecular complexity index is 1160.